The van der Waals surface area contributed by atoms with E-state index in [9.17, 15) is 4.39 Å². The Bertz CT molecular complexity index is 950. The Hall–Kier alpha value is -3.35. The fourth-order valence-corrected chi connectivity index (χ4v) is 2.12. The van der Waals surface area contributed by atoms with Gasteiger partial charge in [-0.2, -0.15) is 0 Å². The van der Waals surface area contributed by atoms with Gasteiger partial charge in [0.15, 0.2) is 5.65 Å². The topological polar surface area (TPSA) is 65.2 Å². The minimum atomic E-state index is -0.322. The van der Waals surface area contributed by atoms with Gasteiger partial charge in [0.25, 0.3) is 0 Å². The van der Waals surface area contributed by atoms with E-state index in [2.05, 4.69) is 20.2 Å². The number of rotatable bonds is 3. The van der Waals surface area contributed by atoms with Crippen molar-refractivity contribution in [2.24, 2.45) is 0 Å². The zero-order valence-corrected chi connectivity index (χ0v) is 11.8. The second kappa shape index (κ2) is 5.45. The molecule has 0 saturated carbocycles. The quantitative estimate of drug-likeness (QED) is 0.582. The van der Waals surface area contributed by atoms with Crippen LogP contribution in [0.1, 0.15) is 0 Å². The number of hydrogen-bond acceptors (Lipinski definition) is 5. The van der Waals surface area contributed by atoms with Gasteiger partial charge in [-0.3, -0.25) is 4.40 Å². The zero-order chi connectivity index (χ0) is 15.6. The summed E-state index contributed by atoms with van der Waals surface area (Å²) in [6.07, 6.45) is 6.82. The number of ether oxygens (including phenoxy) is 1. The summed E-state index contributed by atoms with van der Waals surface area (Å²) in [7, 11) is 0. The molecule has 0 aliphatic rings. The molecule has 4 rings (SSSR count). The predicted octanol–water partition coefficient (Wildman–Crippen LogP) is 3.12. The van der Waals surface area contributed by atoms with Crippen molar-refractivity contribution in [1.29, 1.82) is 0 Å². The molecule has 0 fully saturated rings. The highest BCUT2D eigenvalue weighted by Crippen LogP contribution is 2.22. The van der Waals surface area contributed by atoms with Crippen molar-refractivity contribution >= 4 is 5.65 Å². The smallest absolute Gasteiger partial charge is 0.321 e. The molecule has 0 N–H and O–H groups in total. The van der Waals surface area contributed by atoms with Gasteiger partial charge in [0.1, 0.15) is 17.9 Å². The molecular weight excluding hydrogens is 297 g/mol. The molecule has 0 saturated heterocycles. The predicted molar refractivity (Wildman–Crippen MR) is 80.5 cm³/mol. The molecule has 4 aromatic rings. The molecule has 7 heteroatoms. The van der Waals surface area contributed by atoms with Crippen LogP contribution in [0.4, 0.5) is 4.39 Å². The maximum Gasteiger partial charge on any atom is 0.321 e. The summed E-state index contributed by atoms with van der Waals surface area (Å²) in [6.45, 7) is 0. The van der Waals surface area contributed by atoms with Crippen LogP contribution < -0.4 is 4.74 Å². The molecule has 3 aromatic heterocycles. The van der Waals surface area contributed by atoms with Gasteiger partial charge >= 0.3 is 6.01 Å². The van der Waals surface area contributed by atoms with Gasteiger partial charge in [-0.1, -0.05) is 0 Å². The van der Waals surface area contributed by atoms with Crippen LogP contribution in [0.2, 0.25) is 0 Å². The number of halogens is 1. The van der Waals surface area contributed by atoms with E-state index in [-0.39, 0.29) is 11.8 Å². The summed E-state index contributed by atoms with van der Waals surface area (Å²) in [5, 5.41) is 7.84. The average molecular weight is 307 g/mol. The zero-order valence-electron chi connectivity index (χ0n) is 11.8. The van der Waals surface area contributed by atoms with Crippen LogP contribution in [0.15, 0.2) is 61.3 Å². The van der Waals surface area contributed by atoms with E-state index < -0.39 is 0 Å². The third-order valence-electron chi connectivity index (χ3n) is 3.28. The SMILES string of the molecule is Fc1ccc(Oc2ncc(-c3ccn4cnnc4c3)cn2)cc1. The maximum absolute atomic E-state index is 12.9. The first-order valence-corrected chi connectivity index (χ1v) is 6.83. The summed E-state index contributed by atoms with van der Waals surface area (Å²) in [4.78, 5) is 8.34. The van der Waals surface area contributed by atoms with Crippen molar-refractivity contribution in [2.45, 2.75) is 0 Å². The largest absolute Gasteiger partial charge is 0.424 e. The van der Waals surface area contributed by atoms with E-state index in [0.29, 0.717) is 5.75 Å². The van der Waals surface area contributed by atoms with E-state index in [1.807, 2.05) is 22.7 Å². The standard InChI is InChI=1S/C16H10FN5O/c17-13-1-3-14(4-2-13)23-16-18-8-12(9-19-16)11-5-6-22-10-20-21-15(22)7-11/h1-10H. The van der Waals surface area contributed by atoms with E-state index in [1.54, 1.807) is 18.7 Å². The van der Waals surface area contributed by atoms with Gasteiger partial charge in [-0.05, 0) is 42.0 Å². The number of benzene rings is 1. The average Bonchev–Trinajstić information content (AvgIpc) is 3.05. The van der Waals surface area contributed by atoms with Crippen molar-refractivity contribution in [2.75, 3.05) is 0 Å². The van der Waals surface area contributed by atoms with Crippen LogP contribution in [0.5, 0.6) is 11.8 Å². The first-order valence-electron chi connectivity index (χ1n) is 6.83. The number of hydrogen-bond donors (Lipinski definition) is 0. The van der Waals surface area contributed by atoms with Crippen LogP contribution in [-0.4, -0.2) is 24.6 Å². The highest BCUT2D eigenvalue weighted by Gasteiger charge is 2.05. The lowest BCUT2D eigenvalue weighted by atomic mass is 10.1. The van der Waals surface area contributed by atoms with Crippen LogP contribution in [0.25, 0.3) is 16.8 Å². The van der Waals surface area contributed by atoms with Gasteiger partial charge in [0.2, 0.25) is 0 Å². The second-order valence-electron chi connectivity index (χ2n) is 4.82. The molecule has 0 aliphatic carbocycles. The normalized spacial score (nSPS) is 10.8. The first kappa shape index (κ1) is 13.3. The number of pyridine rings is 1. The Morgan fingerprint density at radius 1 is 0.957 bits per heavy atom. The summed E-state index contributed by atoms with van der Waals surface area (Å²) in [5.74, 6) is 0.154. The molecular formula is C16H10FN5O. The molecule has 6 nitrogen and oxygen atoms in total. The van der Waals surface area contributed by atoms with Crippen LogP contribution in [0.3, 0.4) is 0 Å². The third kappa shape index (κ3) is 2.71. The minimum Gasteiger partial charge on any atom is -0.424 e. The third-order valence-corrected chi connectivity index (χ3v) is 3.28. The molecule has 112 valence electrons. The maximum atomic E-state index is 12.9. The lowest BCUT2D eigenvalue weighted by molar-refractivity contribution is 0.440. The second-order valence-corrected chi connectivity index (χ2v) is 4.82. The Morgan fingerprint density at radius 3 is 2.52 bits per heavy atom. The number of nitrogens with zero attached hydrogens (tertiary/aromatic N) is 5. The Labute approximate surface area is 130 Å². The molecule has 1 aromatic carbocycles. The lowest BCUT2D eigenvalue weighted by Crippen LogP contribution is -1.92. The van der Waals surface area contributed by atoms with Crippen LogP contribution in [-0.2, 0) is 0 Å². The highest BCUT2D eigenvalue weighted by atomic mass is 19.1. The molecule has 0 aliphatic heterocycles. The lowest BCUT2D eigenvalue weighted by Gasteiger charge is -2.05. The summed E-state index contributed by atoms with van der Waals surface area (Å²) < 4.78 is 20.1. The molecule has 0 spiro atoms. The van der Waals surface area contributed by atoms with Gasteiger partial charge < -0.3 is 4.74 Å². The van der Waals surface area contributed by atoms with Crippen LogP contribution >= 0.6 is 0 Å². The Balaban J connectivity index is 1.58. The number of fused-ring (bicyclic) bond motifs is 1. The minimum absolute atomic E-state index is 0.198. The molecule has 23 heavy (non-hydrogen) atoms. The first-order chi connectivity index (χ1) is 11.3. The summed E-state index contributed by atoms with van der Waals surface area (Å²) >= 11 is 0. The molecule has 0 amide bonds. The van der Waals surface area contributed by atoms with E-state index in [0.717, 1.165) is 16.8 Å². The van der Waals surface area contributed by atoms with Crippen molar-refractivity contribution < 1.29 is 9.13 Å². The van der Waals surface area contributed by atoms with E-state index in [1.165, 1.54) is 24.3 Å². The monoisotopic (exact) mass is 307 g/mol. The van der Waals surface area contributed by atoms with Gasteiger partial charge in [0.05, 0.1) is 0 Å². The highest BCUT2D eigenvalue weighted by molar-refractivity contribution is 5.65. The molecule has 0 unspecified atom stereocenters. The molecule has 0 atom stereocenters. The van der Waals surface area contributed by atoms with Gasteiger partial charge in [-0.15, -0.1) is 10.2 Å². The van der Waals surface area contributed by atoms with E-state index in [4.69, 9.17) is 4.74 Å². The van der Waals surface area contributed by atoms with Gasteiger partial charge in [0, 0.05) is 24.2 Å². The van der Waals surface area contributed by atoms with Crippen molar-refractivity contribution in [3.63, 3.8) is 0 Å². The van der Waals surface area contributed by atoms with Crippen LogP contribution in [0, 0.1) is 5.82 Å². The Kier molecular flexibility index (Phi) is 3.16. The molecule has 0 bridgehead atoms. The summed E-state index contributed by atoms with van der Waals surface area (Å²) in [6, 6.07) is 9.69. The van der Waals surface area contributed by atoms with Gasteiger partial charge in [-0.25, -0.2) is 14.4 Å². The fourth-order valence-electron chi connectivity index (χ4n) is 2.12. The molecule has 3 heterocycles. The molecule has 0 radical (unpaired) electrons. The van der Waals surface area contributed by atoms with E-state index >= 15 is 0 Å². The number of aromatic nitrogens is 5. The Morgan fingerprint density at radius 2 is 1.74 bits per heavy atom. The fraction of sp³-hybridized carbons (Fsp3) is 0. The van der Waals surface area contributed by atoms with Crippen molar-refractivity contribution in [3.8, 4) is 22.9 Å². The van der Waals surface area contributed by atoms with Crippen molar-refractivity contribution in [1.82, 2.24) is 24.6 Å². The summed E-state index contributed by atoms with van der Waals surface area (Å²) in [5.41, 5.74) is 2.51. The van der Waals surface area contributed by atoms with Crippen molar-refractivity contribution in [3.05, 3.63) is 67.1 Å².